The number of nitrogens with zero attached hydrogens (tertiary/aromatic N) is 5. The Bertz CT molecular complexity index is 1060. The molecular formula is C23H30N6O3. The summed E-state index contributed by atoms with van der Waals surface area (Å²) in [5, 5.41) is 10.3. The quantitative estimate of drug-likeness (QED) is 0.735. The summed E-state index contributed by atoms with van der Waals surface area (Å²) in [7, 11) is 0. The van der Waals surface area contributed by atoms with Crippen molar-refractivity contribution < 1.29 is 14.7 Å². The van der Waals surface area contributed by atoms with Gasteiger partial charge >= 0.3 is 0 Å². The van der Waals surface area contributed by atoms with E-state index in [9.17, 15) is 14.7 Å². The molecule has 1 aliphatic carbocycles. The number of amides is 2. The lowest BCUT2D eigenvalue weighted by molar-refractivity contribution is 0.0498. The van der Waals surface area contributed by atoms with Crippen LogP contribution in [0.3, 0.4) is 0 Å². The Morgan fingerprint density at radius 3 is 2.69 bits per heavy atom. The molecule has 0 radical (unpaired) electrons. The average Bonchev–Trinajstić information content (AvgIpc) is 3.26. The van der Waals surface area contributed by atoms with E-state index < -0.39 is 5.91 Å². The number of aliphatic hydroxyl groups excluding tert-OH is 1. The van der Waals surface area contributed by atoms with E-state index in [4.69, 9.17) is 5.73 Å². The number of aliphatic hydroxyl groups is 1. The number of piperidine rings is 1. The number of aromatic nitrogens is 3. The Morgan fingerprint density at radius 1 is 1.19 bits per heavy atom. The van der Waals surface area contributed by atoms with Crippen molar-refractivity contribution in [1.29, 1.82) is 0 Å². The molecular weight excluding hydrogens is 408 g/mol. The summed E-state index contributed by atoms with van der Waals surface area (Å²) in [6, 6.07) is 1.68. The highest BCUT2D eigenvalue weighted by Gasteiger charge is 2.42. The molecule has 5 rings (SSSR count). The zero-order valence-corrected chi connectivity index (χ0v) is 18.6. The van der Waals surface area contributed by atoms with Crippen LogP contribution in [-0.2, 0) is 19.4 Å². The first-order valence-corrected chi connectivity index (χ1v) is 11.3. The minimum atomic E-state index is -0.628. The summed E-state index contributed by atoms with van der Waals surface area (Å²) in [6.07, 6.45) is 6.58. The van der Waals surface area contributed by atoms with Gasteiger partial charge in [0.25, 0.3) is 11.8 Å². The van der Waals surface area contributed by atoms with Crippen molar-refractivity contribution >= 4 is 17.6 Å². The number of primary amides is 1. The molecule has 32 heavy (non-hydrogen) atoms. The van der Waals surface area contributed by atoms with Gasteiger partial charge in [-0.15, -0.1) is 0 Å². The first-order chi connectivity index (χ1) is 15.3. The van der Waals surface area contributed by atoms with Gasteiger partial charge in [0.05, 0.1) is 31.1 Å². The van der Waals surface area contributed by atoms with Gasteiger partial charge in [-0.3, -0.25) is 9.59 Å². The Balaban J connectivity index is 1.40. The number of carbonyl (C=O) groups excluding carboxylic acids is 2. The normalized spacial score (nSPS) is 24.4. The number of fused-ring (bicyclic) bond motifs is 3. The third kappa shape index (κ3) is 3.35. The lowest BCUT2D eigenvalue weighted by Gasteiger charge is -2.47. The van der Waals surface area contributed by atoms with Gasteiger partial charge in [0.15, 0.2) is 0 Å². The fraction of sp³-hybridized carbons (Fsp3) is 0.565. The minimum absolute atomic E-state index is 0.0453. The van der Waals surface area contributed by atoms with E-state index >= 15 is 0 Å². The molecule has 0 bridgehead atoms. The Hall–Kier alpha value is -2.94. The minimum Gasteiger partial charge on any atom is -0.394 e. The standard InChI is InChI=1S/C23H30N6O3/c1-23(2)9-14-8-17-22(32)29(7-6-27(17)18(14)10-23)16-4-3-5-28(19(16)13-30)20-12-25-15(11-26-20)21(24)31/h8,11-12,16,19,30H,3-7,9-10,13H2,1-2H3,(H2,24,31). The zero-order valence-electron chi connectivity index (χ0n) is 18.6. The fourth-order valence-electron chi connectivity index (χ4n) is 5.75. The molecule has 1 saturated heterocycles. The molecule has 3 N–H and O–H groups in total. The third-order valence-corrected chi connectivity index (χ3v) is 7.17. The van der Waals surface area contributed by atoms with E-state index in [0.717, 1.165) is 37.9 Å². The van der Waals surface area contributed by atoms with Crippen LogP contribution in [0.4, 0.5) is 5.82 Å². The van der Waals surface area contributed by atoms with E-state index in [1.54, 1.807) is 0 Å². The summed E-state index contributed by atoms with van der Waals surface area (Å²) in [5.41, 5.74) is 9.01. The summed E-state index contributed by atoms with van der Waals surface area (Å²) in [6.45, 7) is 6.58. The van der Waals surface area contributed by atoms with Crippen LogP contribution < -0.4 is 10.6 Å². The van der Waals surface area contributed by atoms with Crippen LogP contribution in [0, 0.1) is 5.41 Å². The summed E-state index contributed by atoms with van der Waals surface area (Å²) < 4.78 is 2.21. The van der Waals surface area contributed by atoms with Crippen LogP contribution in [-0.4, -0.2) is 68.1 Å². The molecule has 0 spiro atoms. The molecule has 170 valence electrons. The SMILES string of the molecule is CC1(C)Cc2cc3n(c2C1)CCN(C1CCCN(c2cnc(C(N)=O)cn2)C1CO)C3=O. The first kappa shape index (κ1) is 20.9. The highest BCUT2D eigenvalue weighted by atomic mass is 16.3. The van der Waals surface area contributed by atoms with Crippen molar-refractivity contribution in [2.75, 3.05) is 24.6 Å². The van der Waals surface area contributed by atoms with Gasteiger partial charge in [0.2, 0.25) is 0 Å². The summed E-state index contributed by atoms with van der Waals surface area (Å²) in [4.78, 5) is 37.2. The van der Waals surface area contributed by atoms with Gasteiger partial charge in [-0.25, -0.2) is 9.97 Å². The van der Waals surface area contributed by atoms with E-state index in [2.05, 4.69) is 34.4 Å². The molecule has 2 aromatic rings. The van der Waals surface area contributed by atoms with Crippen LogP contribution >= 0.6 is 0 Å². The average molecular weight is 439 g/mol. The molecule has 0 saturated carbocycles. The Morgan fingerprint density at radius 2 is 2.00 bits per heavy atom. The second kappa shape index (κ2) is 7.58. The van der Waals surface area contributed by atoms with Crippen molar-refractivity contribution in [3.8, 4) is 0 Å². The summed E-state index contributed by atoms with van der Waals surface area (Å²) in [5.74, 6) is -0.00631. The molecule has 2 amide bonds. The molecule has 2 atom stereocenters. The summed E-state index contributed by atoms with van der Waals surface area (Å²) >= 11 is 0. The molecule has 0 aromatic carbocycles. The molecule has 9 heteroatoms. The monoisotopic (exact) mass is 438 g/mol. The molecule has 1 fully saturated rings. The van der Waals surface area contributed by atoms with Crippen molar-refractivity contribution in [2.45, 2.75) is 58.2 Å². The highest BCUT2D eigenvalue weighted by molar-refractivity contribution is 5.94. The van der Waals surface area contributed by atoms with Crippen LogP contribution in [0.2, 0.25) is 0 Å². The Kier molecular flexibility index (Phi) is 4.96. The maximum absolute atomic E-state index is 13.5. The predicted octanol–water partition coefficient (Wildman–Crippen LogP) is 0.988. The van der Waals surface area contributed by atoms with Gasteiger partial charge in [0.1, 0.15) is 17.2 Å². The maximum Gasteiger partial charge on any atom is 0.270 e. The van der Waals surface area contributed by atoms with Crippen LogP contribution in [0.25, 0.3) is 0 Å². The largest absolute Gasteiger partial charge is 0.394 e. The molecule has 9 nitrogen and oxygen atoms in total. The maximum atomic E-state index is 13.5. The smallest absolute Gasteiger partial charge is 0.270 e. The molecule has 2 unspecified atom stereocenters. The van der Waals surface area contributed by atoms with Gasteiger partial charge in [-0.2, -0.15) is 0 Å². The van der Waals surface area contributed by atoms with Crippen LogP contribution in [0.1, 0.15) is 58.9 Å². The van der Waals surface area contributed by atoms with Gasteiger partial charge in [-0.1, -0.05) is 13.8 Å². The van der Waals surface area contributed by atoms with Crippen molar-refractivity contribution in [3.05, 3.63) is 41.1 Å². The van der Waals surface area contributed by atoms with E-state index in [1.165, 1.54) is 23.7 Å². The number of anilines is 1. The Labute approximate surface area is 187 Å². The first-order valence-electron chi connectivity index (χ1n) is 11.3. The van der Waals surface area contributed by atoms with Crippen LogP contribution in [0.15, 0.2) is 18.5 Å². The number of hydrogen-bond acceptors (Lipinski definition) is 6. The number of carbonyl (C=O) groups is 2. The second-order valence-corrected chi connectivity index (χ2v) is 9.95. The zero-order chi connectivity index (χ0) is 22.6. The third-order valence-electron chi connectivity index (χ3n) is 7.17. The van der Waals surface area contributed by atoms with E-state index in [-0.39, 0.29) is 35.7 Å². The molecule has 2 aliphatic heterocycles. The topological polar surface area (TPSA) is 118 Å². The highest BCUT2D eigenvalue weighted by Crippen LogP contribution is 2.39. The number of nitrogens with two attached hydrogens (primary N) is 1. The van der Waals surface area contributed by atoms with Gasteiger partial charge in [-0.05, 0) is 42.7 Å². The van der Waals surface area contributed by atoms with E-state index in [1.807, 2.05) is 9.80 Å². The predicted molar refractivity (Wildman–Crippen MR) is 118 cm³/mol. The van der Waals surface area contributed by atoms with Crippen molar-refractivity contribution in [2.24, 2.45) is 11.1 Å². The van der Waals surface area contributed by atoms with Crippen molar-refractivity contribution in [1.82, 2.24) is 19.4 Å². The van der Waals surface area contributed by atoms with Gasteiger partial charge in [0, 0.05) is 25.3 Å². The molecule has 2 aromatic heterocycles. The number of rotatable bonds is 4. The van der Waals surface area contributed by atoms with Gasteiger partial charge < -0.3 is 25.2 Å². The number of hydrogen-bond donors (Lipinski definition) is 2. The van der Waals surface area contributed by atoms with Crippen molar-refractivity contribution in [3.63, 3.8) is 0 Å². The van der Waals surface area contributed by atoms with E-state index in [0.29, 0.717) is 18.9 Å². The second-order valence-electron chi connectivity index (χ2n) is 9.95. The fourth-order valence-corrected chi connectivity index (χ4v) is 5.75. The molecule has 4 heterocycles. The van der Waals surface area contributed by atoms with Crippen LogP contribution in [0.5, 0.6) is 0 Å². The lowest BCUT2D eigenvalue weighted by atomic mass is 9.90. The lowest BCUT2D eigenvalue weighted by Crippen LogP contribution is -2.60. The molecule has 3 aliphatic rings.